The molecule has 2 N–H and O–H groups in total. The second-order valence-corrected chi connectivity index (χ2v) is 5.81. The molecule has 0 radical (unpaired) electrons. The van der Waals surface area contributed by atoms with Crippen LogP contribution in [0.15, 0.2) is 36.4 Å². The normalized spacial score (nSPS) is 10.2. The van der Waals surface area contributed by atoms with E-state index in [-0.39, 0.29) is 0 Å². The Morgan fingerprint density at radius 2 is 1.72 bits per heavy atom. The molecule has 0 aromatic heterocycles. The van der Waals surface area contributed by atoms with Crippen molar-refractivity contribution in [1.29, 1.82) is 0 Å². The molecule has 0 spiro atoms. The van der Waals surface area contributed by atoms with Crippen molar-refractivity contribution in [3.8, 4) is 5.75 Å². The summed E-state index contributed by atoms with van der Waals surface area (Å²) in [5, 5.41) is 4.10. The molecule has 29 heavy (non-hydrogen) atoms. The summed E-state index contributed by atoms with van der Waals surface area (Å²) in [5.74, 6) is -6.71. The van der Waals surface area contributed by atoms with Crippen molar-refractivity contribution in [1.82, 2.24) is 5.32 Å². The quantitative estimate of drug-likeness (QED) is 0.514. The van der Waals surface area contributed by atoms with Crippen molar-refractivity contribution in [3.63, 3.8) is 0 Å². The van der Waals surface area contributed by atoms with Crippen molar-refractivity contribution >= 4 is 23.5 Å². The minimum Gasteiger partial charge on any atom is -0.482 e. The molecule has 0 atom stereocenters. The zero-order valence-electron chi connectivity index (χ0n) is 15.3. The van der Waals surface area contributed by atoms with Crippen LogP contribution in [0, 0.1) is 24.4 Å². The van der Waals surface area contributed by atoms with E-state index in [0.29, 0.717) is 11.8 Å². The number of hydrogen-bond donors (Lipinski definition) is 2. The third-order valence-corrected chi connectivity index (χ3v) is 3.47. The lowest BCUT2D eigenvalue weighted by atomic mass is 10.2. The molecule has 0 saturated heterocycles. The average Bonchev–Trinajstić information content (AvgIpc) is 2.69. The number of anilines is 1. The first-order valence-electron chi connectivity index (χ1n) is 8.31. The standard InChI is InChI=1S/C19H17F3N2O5/c1-11-3-2-4-12(7-11)28-10-17(27)29-9-16(26)23-8-15(25)24-14-6-5-13(20)18(21)19(14)22/h2-7H,8-10H2,1H3,(H,23,26)(H,24,25). The predicted molar refractivity (Wildman–Crippen MR) is 95.6 cm³/mol. The number of aryl methyl sites for hydroxylation is 1. The van der Waals surface area contributed by atoms with Gasteiger partial charge in [0.25, 0.3) is 5.91 Å². The molecule has 0 aliphatic carbocycles. The Labute approximate surface area is 163 Å². The number of hydrogen-bond acceptors (Lipinski definition) is 5. The Hall–Kier alpha value is -3.56. The Bertz CT molecular complexity index is 921. The van der Waals surface area contributed by atoms with Gasteiger partial charge < -0.3 is 20.1 Å². The van der Waals surface area contributed by atoms with Crippen LogP contribution in [0.5, 0.6) is 5.75 Å². The molecule has 2 amide bonds. The predicted octanol–water partition coefficient (Wildman–Crippen LogP) is 2.09. The maximum Gasteiger partial charge on any atom is 0.344 e. The van der Waals surface area contributed by atoms with Crippen LogP contribution in [-0.2, 0) is 19.1 Å². The molecule has 2 rings (SSSR count). The molecule has 0 fully saturated rings. The summed E-state index contributed by atoms with van der Waals surface area (Å²) in [6.07, 6.45) is 0. The highest BCUT2D eigenvalue weighted by molar-refractivity contribution is 5.94. The summed E-state index contributed by atoms with van der Waals surface area (Å²) in [7, 11) is 0. The maximum atomic E-state index is 13.5. The van der Waals surface area contributed by atoms with E-state index in [9.17, 15) is 27.6 Å². The minimum absolute atomic E-state index is 0.410. The first kappa shape index (κ1) is 21.7. The van der Waals surface area contributed by atoms with Gasteiger partial charge in [0.1, 0.15) is 5.75 Å². The van der Waals surface area contributed by atoms with E-state index in [4.69, 9.17) is 9.47 Å². The number of halogens is 3. The number of carbonyl (C=O) groups is 3. The van der Waals surface area contributed by atoms with E-state index >= 15 is 0 Å². The average molecular weight is 410 g/mol. The van der Waals surface area contributed by atoms with Crippen molar-refractivity contribution in [2.75, 3.05) is 25.1 Å². The van der Waals surface area contributed by atoms with Gasteiger partial charge in [0, 0.05) is 0 Å². The van der Waals surface area contributed by atoms with Gasteiger partial charge in [0.05, 0.1) is 12.2 Å². The van der Waals surface area contributed by atoms with Crippen LogP contribution in [0.3, 0.4) is 0 Å². The summed E-state index contributed by atoms with van der Waals surface area (Å²) < 4.78 is 49.3. The summed E-state index contributed by atoms with van der Waals surface area (Å²) in [4.78, 5) is 34.8. The van der Waals surface area contributed by atoms with Gasteiger partial charge in [-0.15, -0.1) is 0 Å². The molecular weight excluding hydrogens is 393 g/mol. The molecule has 0 aliphatic rings. The van der Waals surface area contributed by atoms with Crippen LogP contribution in [0.4, 0.5) is 18.9 Å². The smallest absolute Gasteiger partial charge is 0.344 e. The first-order valence-corrected chi connectivity index (χ1v) is 8.31. The highest BCUT2D eigenvalue weighted by Crippen LogP contribution is 2.19. The molecule has 154 valence electrons. The third-order valence-electron chi connectivity index (χ3n) is 3.47. The molecule has 0 heterocycles. The van der Waals surface area contributed by atoms with Gasteiger partial charge in [0.15, 0.2) is 30.7 Å². The summed E-state index contributed by atoms with van der Waals surface area (Å²) >= 11 is 0. The number of nitrogens with one attached hydrogen (secondary N) is 2. The SMILES string of the molecule is Cc1cccc(OCC(=O)OCC(=O)NCC(=O)Nc2ccc(F)c(F)c2F)c1. The van der Waals surface area contributed by atoms with E-state index in [1.165, 1.54) is 0 Å². The number of ether oxygens (including phenoxy) is 2. The summed E-state index contributed by atoms with van der Waals surface area (Å²) in [6.45, 7) is 0.177. The summed E-state index contributed by atoms with van der Waals surface area (Å²) in [6, 6.07) is 8.46. The van der Waals surface area contributed by atoms with Crippen molar-refractivity contribution in [2.45, 2.75) is 6.92 Å². The minimum atomic E-state index is -1.73. The molecule has 0 saturated carbocycles. The van der Waals surface area contributed by atoms with Gasteiger partial charge in [-0.1, -0.05) is 12.1 Å². The molecule has 10 heteroatoms. The van der Waals surface area contributed by atoms with Gasteiger partial charge in [-0.25, -0.2) is 18.0 Å². The fourth-order valence-corrected chi connectivity index (χ4v) is 2.08. The van der Waals surface area contributed by atoms with Crippen LogP contribution in [0.2, 0.25) is 0 Å². The highest BCUT2D eigenvalue weighted by atomic mass is 19.2. The second kappa shape index (κ2) is 10.1. The van der Waals surface area contributed by atoms with E-state index in [2.05, 4.69) is 5.32 Å². The third kappa shape index (κ3) is 6.83. The number of esters is 1. The highest BCUT2D eigenvalue weighted by Gasteiger charge is 2.16. The maximum absolute atomic E-state index is 13.5. The molecule has 0 unspecified atom stereocenters. The summed E-state index contributed by atoms with van der Waals surface area (Å²) in [5.41, 5.74) is 0.361. The zero-order valence-corrected chi connectivity index (χ0v) is 15.3. The fourth-order valence-electron chi connectivity index (χ4n) is 2.08. The van der Waals surface area contributed by atoms with Gasteiger partial charge in [-0.05, 0) is 36.8 Å². The van der Waals surface area contributed by atoms with Gasteiger partial charge in [-0.3, -0.25) is 9.59 Å². The number of benzene rings is 2. The van der Waals surface area contributed by atoms with Crippen LogP contribution in [0.1, 0.15) is 5.56 Å². The van der Waals surface area contributed by atoms with Gasteiger partial charge in [0.2, 0.25) is 5.91 Å². The Kier molecular flexibility index (Phi) is 7.58. The van der Waals surface area contributed by atoms with Crippen LogP contribution in [-0.4, -0.2) is 37.5 Å². The van der Waals surface area contributed by atoms with E-state index in [1.54, 1.807) is 18.2 Å². The van der Waals surface area contributed by atoms with Crippen LogP contribution < -0.4 is 15.4 Å². The Morgan fingerprint density at radius 1 is 0.966 bits per heavy atom. The second-order valence-electron chi connectivity index (χ2n) is 5.81. The molecule has 0 bridgehead atoms. The number of rotatable bonds is 8. The van der Waals surface area contributed by atoms with Crippen molar-refractivity contribution < 1.29 is 37.0 Å². The van der Waals surface area contributed by atoms with E-state index in [0.717, 1.165) is 11.6 Å². The Morgan fingerprint density at radius 3 is 2.45 bits per heavy atom. The molecule has 2 aromatic rings. The monoisotopic (exact) mass is 410 g/mol. The van der Waals surface area contributed by atoms with Crippen LogP contribution >= 0.6 is 0 Å². The van der Waals surface area contributed by atoms with Gasteiger partial charge >= 0.3 is 5.97 Å². The van der Waals surface area contributed by atoms with Crippen molar-refractivity contribution in [2.24, 2.45) is 0 Å². The van der Waals surface area contributed by atoms with E-state index < -0.39 is 60.7 Å². The largest absolute Gasteiger partial charge is 0.482 e. The zero-order chi connectivity index (χ0) is 21.4. The number of amides is 2. The van der Waals surface area contributed by atoms with Crippen molar-refractivity contribution in [3.05, 3.63) is 59.4 Å². The first-order chi connectivity index (χ1) is 13.8. The fraction of sp³-hybridized carbons (Fsp3) is 0.211. The van der Waals surface area contributed by atoms with Crippen LogP contribution in [0.25, 0.3) is 0 Å². The lowest BCUT2D eigenvalue weighted by molar-refractivity contribution is -0.150. The number of carbonyl (C=O) groups excluding carboxylic acids is 3. The topological polar surface area (TPSA) is 93.7 Å². The molecular formula is C19H17F3N2O5. The van der Waals surface area contributed by atoms with Gasteiger partial charge in [-0.2, -0.15) is 0 Å². The van der Waals surface area contributed by atoms with E-state index in [1.807, 2.05) is 18.3 Å². The Balaban J connectivity index is 1.69. The lowest BCUT2D eigenvalue weighted by Crippen LogP contribution is -2.36. The molecule has 0 aliphatic heterocycles. The lowest BCUT2D eigenvalue weighted by Gasteiger charge is -2.09. The molecule has 2 aromatic carbocycles. The molecule has 7 nitrogen and oxygen atoms in total.